The van der Waals surface area contributed by atoms with Gasteiger partial charge in [-0.3, -0.25) is 4.79 Å². The zero-order valence-corrected chi connectivity index (χ0v) is 12.0. The van der Waals surface area contributed by atoms with E-state index in [1.165, 1.54) is 5.56 Å². The monoisotopic (exact) mass is 256 g/mol. The summed E-state index contributed by atoms with van der Waals surface area (Å²) in [6.45, 7) is 8.05. The summed E-state index contributed by atoms with van der Waals surface area (Å²) in [5, 5.41) is 0. The van der Waals surface area contributed by atoms with E-state index in [-0.39, 0.29) is 5.78 Å². The maximum Gasteiger partial charge on any atom is 0.196 e. The molecule has 1 heterocycles. The van der Waals surface area contributed by atoms with Gasteiger partial charge in [0, 0.05) is 5.56 Å². The molecular weight excluding hydrogens is 236 g/mol. The fraction of sp³-hybridized carbons (Fsp3) is 0.353. The first-order chi connectivity index (χ1) is 8.97. The van der Waals surface area contributed by atoms with E-state index in [0.717, 1.165) is 17.7 Å². The van der Waals surface area contributed by atoms with Gasteiger partial charge in [-0.1, -0.05) is 32.0 Å². The van der Waals surface area contributed by atoms with Crippen molar-refractivity contribution in [3.63, 3.8) is 0 Å². The summed E-state index contributed by atoms with van der Waals surface area (Å²) >= 11 is 0. The number of hydrogen-bond acceptors (Lipinski definition) is 2. The van der Waals surface area contributed by atoms with Crippen molar-refractivity contribution in [3.8, 4) is 0 Å². The van der Waals surface area contributed by atoms with Crippen molar-refractivity contribution >= 4 is 5.78 Å². The summed E-state index contributed by atoms with van der Waals surface area (Å²) in [4.78, 5) is 12.5. The molecule has 0 radical (unpaired) electrons. The minimum Gasteiger partial charge on any atom is -0.466 e. The summed E-state index contributed by atoms with van der Waals surface area (Å²) in [5.41, 5.74) is 2.61. The lowest BCUT2D eigenvalue weighted by molar-refractivity contribution is 0.103. The van der Waals surface area contributed by atoms with E-state index >= 15 is 0 Å². The minimum atomic E-state index is 0.0416. The van der Waals surface area contributed by atoms with E-state index in [1.807, 2.05) is 38.1 Å². The van der Waals surface area contributed by atoms with E-state index in [4.69, 9.17) is 4.42 Å². The van der Waals surface area contributed by atoms with Crippen molar-refractivity contribution < 1.29 is 9.21 Å². The molecule has 0 aliphatic carbocycles. The molecule has 1 aromatic heterocycles. The highest BCUT2D eigenvalue weighted by molar-refractivity contribution is 6.09. The predicted molar refractivity (Wildman–Crippen MR) is 76.6 cm³/mol. The Kier molecular flexibility index (Phi) is 3.89. The number of aryl methyl sites for hydroxylation is 2. The number of hydrogen-bond donors (Lipinski definition) is 0. The van der Waals surface area contributed by atoms with Crippen LogP contribution in [0.1, 0.15) is 46.9 Å². The van der Waals surface area contributed by atoms with Crippen molar-refractivity contribution in [2.45, 2.75) is 34.1 Å². The topological polar surface area (TPSA) is 30.2 Å². The molecule has 19 heavy (non-hydrogen) atoms. The summed E-state index contributed by atoms with van der Waals surface area (Å²) < 4.78 is 5.43. The number of carbonyl (C=O) groups excluding carboxylic acids is 1. The van der Waals surface area contributed by atoms with Crippen LogP contribution in [-0.2, 0) is 6.42 Å². The van der Waals surface area contributed by atoms with Gasteiger partial charge >= 0.3 is 0 Å². The minimum absolute atomic E-state index is 0.0416. The maximum absolute atomic E-state index is 12.5. The molecule has 0 fully saturated rings. The Morgan fingerprint density at radius 3 is 2.53 bits per heavy atom. The molecule has 0 saturated carbocycles. The van der Waals surface area contributed by atoms with Crippen LogP contribution in [0.3, 0.4) is 0 Å². The summed E-state index contributed by atoms with van der Waals surface area (Å²) in [5.74, 6) is 2.10. The molecule has 0 aliphatic rings. The Bertz CT molecular complexity index is 591. The fourth-order valence-corrected chi connectivity index (χ4v) is 2.32. The van der Waals surface area contributed by atoms with Crippen LogP contribution in [0.4, 0.5) is 0 Å². The van der Waals surface area contributed by atoms with Gasteiger partial charge in [0.2, 0.25) is 0 Å². The van der Waals surface area contributed by atoms with Gasteiger partial charge in [-0.15, -0.1) is 0 Å². The van der Waals surface area contributed by atoms with E-state index in [1.54, 1.807) is 0 Å². The molecule has 1 aromatic carbocycles. The average molecular weight is 256 g/mol. The Morgan fingerprint density at radius 1 is 1.21 bits per heavy atom. The lowest BCUT2D eigenvalue weighted by Gasteiger charge is -2.06. The molecule has 0 bridgehead atoms. The highest BCUT2D eigenvalue weighted by atomic mass is 16.3. The standard InChI is InChI=1S/C17H20O2/c1-11(2)8-14-6-5-7-15(10-14)17(18)16-9-12(3)19-13(16)4/h5-7,9-11H,8H2,1-4H3. The molecule has 0 aliphatic heterocycles. The van der Waals surface area contributed by atoms with E-state index in [9.17, 15) is 4.79 Å². The lowest BCUT2D eigenvalue weighted by Crippen LogP contribution is -2.03. The normalized spacial score (nSPS) is 11.0. The second kappa shape index (κ2) is 5.43. The molecule has 0 N–H and O–H groups in total. The van der Waals surface area contributed by atoms with E-state index in [0.29, 0.717) is 17.2 Å². The Balaban J connectivity index is 2.31. The third kappa shape index (κ3) is 3.14. The molecule has 0 unspecified atom stereocenters. The molecule has 2 nitrogen and oxygen atoms in total. The first-order valence-corrected chi connectivity index (χ1v) is 6.68. The van der Waals surface area contributed by atoms with Gasteiger partial charge in [-0.2, -0.15) is 0 Å². The van der Waals surface area contributed by atoms with Crippen molar-refractivity contribution in [2.75, 3.05) is 0 Å². The van der Waals surface area contributed by atoms with Crippen LogP contribution < -0.4 is 0 Å². The van der Waals surface area contributed by atoms with Crippen LogP contribution in [-0.4, -0.2) is 5.78 Å². The van der Waals surface area contributed by atoms with Crippen molar-refractivity contribution in [2.24, 2.45) is 5.92 Å². The van der Waals surface area contributed by atoms with Gasteiger partial charge in [0.25, 0.3) is 0 Å². The molecule has 0 saturated heterocycles. The molecule has 2 rings (SSSR count). The zero-order valence-electron chi connectivity index (χ0n) is 12.0. The van der Waals surface area contributed by atoms with Crippen LogP contribution in [0, 0.1) is 19.8 Å². The number of benzene rings is 1. The van der Waals surface area contributed by atoms with Gasteiger partial charge < -0.3 is 4.42 Å². The predicted octanol–water partition coefficient (Wildman–Crippen LogP) is 4.33. The lowest BCUT2D eigenvalue weighted by atomic mass is 9.97. The highest BCUT2D eigenvalue weighted by Gasteiger charge is 2.15. The van der Waals surface area contributed by atoms with Crippen molar-refractivity contribution in [1.82, 2.24) is 0 Å². The Hall–Kier alpha value is -1.83. The van der Waals surface area contributed by atoms with Crippen molar-refractivity contribution in [3.05, 3.63) is 58.5 Å². The number of ketones is 1. The van der Waals surface area contributed by atoms with Crippen LogP contribution in [0.2, 0.25) is 0 Å². The van der Waals surface area contributed by atoms with Crippen molar-refractivity contribution in [1.29, 1.82) is 0 Å². The smallest absolute Gasteiger partial charge is 0.196 e. The fourth-order valence-electron chi connectivity index (χ4n) is 2.32. The molecule has 2 heteroatoms. The molecule has 100 valence electrons. The van der Waals surface area contributed by atoms with Crippen LogP contribution >= 0.6 is 0 Å². The van der Waals surface area contributed by atoms with Crippen LogP contribution in [0.5, 0.6) is 0 Å². The first-order valence-electron chi connectivity index (χ1n) is 6.68. The molecule has 0 atom stereocenters. The largest absolute Gasteiger partial charge is 0.466 e. The van der Waals surface area contributed by atoms with E-state index < -0.39 is 0 Å². The number of furan rings is 1. The average Bonchev–Trinajstić information content (AvgIpc) is 2.67. The molecular formula is C17H20O2. The van der Waals surface area contributed by atoms with Crippen LogP contribution in [0.25, 0.3) is 0 Å². The van der Waals surface area contributed by atoms with Crippen LogP contribution in [0.15, 0.2) is 34.7 Å². The van der Waals surface area contributed by atoms with Gasteiger partial charge in [0.15, 0.2) is 5.78 Å². The third-order valence-corrected chi connectivity index (χ3v) is 3.12. The summed E-state index contributed by atoms with van der Waals surface area (Å²) in [7, 11) is 0. The molecule has 0 amide bonds. The van der Waals surface area contributed by atoms with Gasteiger partial charge in [0.05, 0.1) is 5.56 Å². The quantitative estimate of drug-likeness (QED) is 0.762. The van der Waals surface area contributed by atoms with Gasteiger partial charge in [0.1, 0.15) is 11.5 Å². The Morgan fingerprint density at radius 2 is 1.95 bits per heavy atom. The van der Waals surface area contributed by atoms with E-state index in [2.05, 4.69) is 19.9 Å². The summed E-state index contributed by atoms with van der Waals surface area (Å²) in [6.07, 6.45) is 0.991. The number of rotatable bonds is 4. The second-order valence-electron chi connectivity index (χ2n) is 5.45. The SMILES string of the molecule is Cc1cc(C(=O)c2cccc(CC(C)C)c2)c(C)o1. The molecule has 2 aromatic rings. The number of carbonyl (C=O) groups is 1. The second-order valence-corrected chi connectivity index (χ2v) is 5.45. The van der Waals surface area contributed by atoms with Gasteiger partial charge in [-0.25, -0.2) is 0 Å². The zero-order chi connectivity index (χ0) is 14.0. The highest BCUT2D eigenvalue weighted by Crippen LogP contribution is 2.19. The van der Waals surface area contributed by atoms with Gasteiger partial charge in [-0.05, 0) is 43.9 Å². The Labute approximate surface area is 114 Å². The molecule has 0 spiro atoms. The summed E-state index contributed by atoms with van der Waals surface area (Å²) in [6, 6.07) is 9.70. The third-order valence-electron chi connectivity index (χ3n) is 3.12. The maximum atomic E-state index is 12.5. The first kappa shape index (κ1) is 13.6.